The first-order valence-electron chi connectivity index (χ1n) is 17.1. The van der Waals surface area contributed by atoms with Gasteiger partial charge < -0.3 is 0 Å². The van der Waals surface area contributed by atoms with E-state index in [1.807, 2.05) is 24.8 Å². The topological polar surface area (TPSA) is 32.3 Å². The minimum absolute atomic E-state index is 0.336. The summed E-state index contributed by atoms with van der Waals surface area (Å²) in [7, 11) is 0. The van der Waals surface area contributed by atoms with Crippen LogP contribution in [0.3, 0.4) is 0 Å². The molecule has 0 unspecified atom stereocenters. The lowest BCUT2D eigenvalue weighted by Gasteiger charge is -2.30. The van der Waals surface area contributed by atoms with Crippen molar-refractivity contribution in [1.82, 2.24) is 19.8 Å². The lowest BCUT2D eigenvalue weighted by molar-refractivity contribution is 0.198. The Bertz CT molecular complexity index is 1590. The van der Waals surface area contributed by atoms with Gasteiger partial charge in [0.05, 0.1) is 0 Å². The Hall–Kier alpha value is -3.86. The average molecular weight is 595 g/mol. The fourth-order valence-electron chi connectivity index (χ4n) is 8.32. The Morgan fingerprint density at radius 1 is 0.556 bits per heavy atom. The van der Waals surface area contributed by atoms with Crippen LogP contribution in [0.4, 0.5) is 0 Å². The molecule has 2 aromatic carbocycles. The zero-order chi connectivity index (χ0) is 30.4. The predicted octanol–water partition coefficient (Wildman–Crippen LogP) is 9.17. The van der Waals surface area contributed by atoms with Crippen molar-refractivity contribution in [2.45, 2.75) is 68.9 Å². The SMILES string of the molecule is C(=CC12CCCN1CCC2)c1cncc(-c2ccccc2)c1.C(=Cc1cncc(-c2ccccc2)c1)CC12CCCN1CCC2. The summed E-state index contributed by atoms with van der Waals surface area (Å²) in [5.41, 5.74) is 8.05. The first kappa shape index (κ1) is 29.8. The van der Waals surface area contributed by atoms with E-state index >= 15 is 0 Å². The maximum Gasteiger partial charge on any atom is 0.0395 e. The van der Waals surface area contributed by atoms with E-state index in [2.05, 4.69) is 117 Å². The van der Waals surface area contributed by atoms with E-state index in [1.54, 1.807) is 0 Å². The minimum Gasteiger partial charge on any atom is -0.297 e. The van der Waals surface area contributed by atoms with Gasteiger partial charge in [-0.05, 0) is 118 Å². The fraction of sp³-hybridized carbons (Fsp3) is 0.366. The molecule has 0 amide bonds. The van der Waals surface area contributed by atoms with Gasteiger partial charge in [0.1, 0.15) is 0 Å². The van der Waals surface area contributed by atoms with Crippen molar-refractivity contribution >= 4 is 12.2 Å². The number of aromatic nitrogens is 2. The lowest BCUT2D eigenvalue weighted by Crippen LogP contribution is -2.37. The van der Waals surface area contributed by atoms with Gasteiger partial charge in [0, 0.05) is 47.0 Å². The molecule has 0 radical (unpaired) electrons. The quantitative estimate of drug-likeness (QED) is 0.214. The Labute approximate surface area is 269 Å². The second kappa shape index (κ2) is 13.6. The van der Waals surface area contributed by atoms with Crippen LogP contribution in [0.5, 0.6) is 0 Å². The van der Waals surface area contributed by atoms with Gasteiger partial charge in [0.15, 0.2) is 0 Å². The normalized spacial score (nSPS) is 20.4. The van der Waals surface area contributed by atoms with Crippen molar-refractivity contribution in [3.05, 3.63) is 121 Å². The molecule has 4 fully saturated rings. The average Bonchev–Trinajstić information content (AvgIpc) is 3.87. The number of rotatable bonds is 7. The van der Waals surface area contributed by atoms with Crippen LogP contribution in [0.1, 0.15) is 68.9 Å². The molecule has 4 nitrogen and oxygen atoms in total. The molecular formula is C41H46N4. The van der Waals surface area contributed by atoms with Gasteiger partial charge in [0.25, 0.3) is 0 Å². The highest BCUT2D eigenvalue weighted by molar-refractivity contribution is 5.67. The summed E-state index contributed by atoms with van der Waals surface area (Å²) in [6.45, 7) is 5.15. The number of pyridine rings is 2. The molecule has 0 bridgehead atoms. The Morgan fingerprint density at radius 3 is 1.64 bits per heavy atom. The van der Waals surface area contributed by atoms with Gasteiger partial charge in [-0.3, -0.25) is 19.8 Å². The Morgan fingerprint density at radius 2 is 1.07 bits per heavy atom. The summed E-state index contributed by atoms with van der Waals surface area (Å²) in [6, 6.07) is 25.4. The van der Waals surface area contributed by atoms with Gasteiger partial charge in [0.2, 0.25) is 0 Å². The van der Waals surface area contributed by atoms with Crippen molar-refractivity contribution in [3.8, 4) is 22.3 Å². The summed E-state index contributed by atoms with van der Waals surface area (Å²) in [6.07, 6.45) is 29.2. The Balaban J connectivity index is 0.000000145. The first-order chi connectivity index (χ1) is 22.2. The molecule has 4 heteroatoms. The van der Waals surface area contributed by atoms with E-state index in [0.29, 0.717) is 11.1 Å². The number of benzene rings is 2. The highest BCUT2D eigenvalue weighted by Gasteiger charge is 2.43. The number of hydrogen-bond donors (Lipinski definition) is 0. The molecule has 4 aliphatic heterocycles. The van der Waals surface area contributed by atoms with Crippen LogP contribution in [0.2, 0.25) is 0 Å². The van der Waals surface area contributed by atoms with Gasteiger partial charge in [-0.1, -0.05) is 85.0 Å². The standard InChI is InChI=1S/C21H24N2.C20H22N2/c1-2-8-19(9-3-1)20-15-18(16-22-17-20)7-4-10-21-11-5-13-23(21)14-6-12-21;1-2-6-18(7-3-1)19-14-17(15-21-16-19)8-11-20-9-4-12-22(20)13-5-10-20/h1-4,7-9,15-17H,5-6,10-14H2;1-3,6-8,11,14-16H,4-5,9-10,12-13H2. The molecule has 0 N–H and O–H groups in total. The molecule has 6 heterocycles. The van der Waals surface area contributed by atoms with E-state index < -0.39 is 0 Å². The molecule has 0 saturated carbocycles. The van der Waals surface area contributed by atoms with Gasteiger partial charge in [-0.25, -0.2) is 0 Å². The van der Waals surface area contributed by atoms with E-state index in [-0.39, 0.29) is 0 Å². The number of hydrogen-bond acceptors (Lipinski definition) is 4. The molecule has 0 aliphatic carbocycles. The van der Waals surface area contributed by atoms with Crippen molar-refractivity contribution in [3.63, 3.8) is 0 Å². The predicted molar refractivity (Wildman–Crippen MR) is 188 cm³/mol. The first-order valence-corrected chi connectivity index (χ1v) is 17.1. The van der Waals surface area contributed by atoms with E-state index in [0.717, 1.165) is 0 Å². The third-order valence-corrected chi connectivity index (χ3v) is 10.6. The molecule has 0 spiro atoms. The van der Waals surface area contributed by atoms with Crippen molar-refractivity contribution in [2.24, 2.45) is 0 Å². The summed E-state index contributed by atoms with van der Waals surface area (Å²) in [5.74, 6) is 0. The zero-order valence-corrected chi connectivity index (χ0v) is 26.5. The van der Waals surface area contributed by atoms with Crippen LogP contribution in [0.15, 0.2) is 110 Å². The van der Waals surface area contributed by atoms with Crippen LogP contribution in [0, 0.1) is 0 Å². The van der Waals surface area contributed by atoms with Gasteiger partial charge >= 0.3 is 0 Å². The minimum atomic E-state index is 0.336. The van der Waals surface area contributed by atoms with Crippen LogP contribution in [0.25, 0.3) is 34.4 Å². The number of nitrogens with zero attached hydrogens (tertiary/aromatic N) is 4. The second-order valence-electron chi connectivity index (χ2n) is 13.4. The maximum absolute atomic E-state index is 4.42. The van der Waals surface area contributed by atoms with Crippen molar-refractivity contribution < 1.29 is 0 Å². The third-order valence-electron chi connectivity index (χ3n) is 10.6. The van der Waals surface area contributed by atoms with Crippen LogP contribution in [-0.2, 0) is 0 Å². The lowest BCUT2D eigenvalue weighted by atomic mass is 9.90. The van der Waals surface area contributed by atoms with E-state index in [1.165, 1.54) is 117 Å². The molecule has 4 saturated heterocycles. The molecule has 45 heavy (non-hydrogen) atoms. The Kier molecular flexibility index (Phi) is 9.04. The van der Waals surface area contributed by atoms with E-state index in [4.69, 9.17) is 0 Å². The molecule has 230 valence electrons. The van der Waals surface area contributed by atoms with Crippen LogP contribution in [-0.4, -0.2) is 57.0 Å². The summed E-state index contributed by atoms with van der Waals surface area (Å²) in [5, 5.41) is 0. The van der Waals surface area contributed by atoms with Gasteiger partial charge in [-0.2, -0.15) is 0 Å². The smallest absolute Gasteiger partial charge is 0.0395 e. The molecule has 2 aromatic heterocycles. The largest absolute Gasteiger partial charge is 0.297 e. The van der Waals surface area contributed by atoms with E-state index in [9.17, 15) is 0 Å². The maximum atomic E-state index is 4.42. The second-order valence-corrected chi connectivity index (χ2v) is 13.4. The molecule has 0 atom stereocenters. The summed E-state index contributed by atoms with van der Waals surface area (Å²) in [4.78, 5) is 14.2. The summed E-state index contributed by atoms with van der Waals surface area (Å²) >= 11 is 0. The molecule has 8 rings (SSSR count). The summed E-state index contributed by atoms with van der Waals surface area (Å²) < 4.78 is 0. The highest BCUT2D eigenvalue weighted by atomic mass is 15.2. The molecular weight excluding hydrogens is 548 g/mol. The molecule has 4 aromatic rings. The van der Waals surface area contributed by atoms with Crippen LogP contribution < -0.4 is 0 Å². The molecule has 4 aliphatic rings. The highest BCUT2D eigenvalue weighted by Crippen LogP contribution is 2.42. The monoisotopic (exact) mass is 594 g/mol. The zero-order valence-electron chi connectivity index (χ0n) is 26.5. The fourth-order valence-corrected chi connectivity index (χ4v) is 8.32. The third kappa shape index (κ3) is 6.73. The number of fused-ring (bicyclic) bond motifs is 2. The van der Waals surface area contributed by atoms with Crippen molar-refractivity contribution in [2.75, 3.05) is 26.2 Å². The van der Waals surface area contributed by atoms with Crippen LogP contribution >= 0.6 is 0 Å². The van der Waals surface area contributed by atoms with Gasteiger partial charge in [-0.15, -0.1) is 0 Å². The van der Waals surface area contributed by atoms with Crippen molar-refractivity contribution in [1.29, 1.82) is 0 Å².